The smallest absolute Gasteiger partial charge is 0.326 e. The predicted octanol–water partition coefficient (Wildman–Crippen LogP) is 1.13. The number of amides is 2. The molecular weight excluding hydrogens is 264 g/mol. The van der Waals surface area contributed by atoms with Crippen molar-refractivity contribution >= 4 is 18.0 Å². The molecule has 0 fully saturated rings. The first kappa shape index (κ1) is 18.2. The van der Waals surface area contributed by atoms with E-state index in [1.807, 2.05) is 0 Å². The van der Waals surface area contributed by atoms with Crippen LogP contribution >= 0.6 is 0 Å². The third-order valence-electron chi connectivity index (χ3n) is 2.54. The van der Waals surface area contributed by atoms with Gasteiger partial charge >= 0.3 is 18.0 Å². The van der Waals surface area contributed by atoms with Crippen molar-refractivity contribution in [1.82, 2.24) is 10.6 Å². The van der Waals surface area contributed by atoms with E-state index >= 15 is 0 Å². The summed E-state index contributed by atoms with van der Waals surface area (Å²) in [4.78, 5) is 33.7. The second-order valence-electron chi connectivity index (χ2n) is 5.45. The average molecular weight is 288 g/mol. The van der Waals surface area contributed by atoms with Crippen molar-refractivity contribution in [2.24, 2.45) is 5.41 Å². The maximum atomic E-state index is 11.6. The molecule has 0 unspecified atom stereocenters. The zero-order chi connectivity index (χ0) is 15.8. The highest BCUT2D eigenvalue weighted by Gasteiger charge is 2.32. The first-order valence-corrected chi connectivity index (χ1v) is 6.61. The summed E-state index contributed by atoms with van der Waals surface area (Å²) in [6.45, 7) is 7.52. The maximum absolute atomic E-state index is 11.6. The Bertz CT molecular complexity index is 349. The van der Waals surface area contributed by atoms with Crippen molar-refractivity contribution in [3.05, 3.63) is 0 Å². The van der Waals surface area contributed by atoms with Crippen LogP contribution in [0.3, 0.4) is 0 Å². The van der Waals surface area contributed by atoms with E-state index < -0.39 is 23.5 Å². The molecule has 1 atom stereocenters. The third kappa shape index (κ3) is 7.60. The molecule has 116 valence electrons. The second-order valence-corrected chi connectivity index (χ2v) is 5.45. The molecule has 0 radical (unpaired) electrons. The maximum Gasteiger partial charge on any atom is 0.326 e. The van der Waals surface area contributed by atoms with E-state index in [0.717, 1.165) is 0 Å². The number of hydrogen-bond donors (Lipinski definition) is 3. The highest BCUT2D eigenvalue weighted by atomic mass is 16.5. The number of carboxylic acid groups (broad SMARTS) is 1. The second kappa shape index (κ2) is 8.39. The van der Waals surface area contributed by atoms with Crippen LogP contribution in [-0.4, -0.2) is 42.3 Å². The number of nitrogens with one attached hydrogen (secondary N) is 2. The molecule has 0 aromatic carbocycles. The van der Waals surface area contributed by atoms with Gasteiger partial charge in [0.25, 0.3) is 0 Å². The first-order chi connectivity index (χ1) is 9.18. The highest BCUT2D eigenvalue weighted by Crippen LogP contribution is 2.19. The van der Waals surface area contributed by atoms with Gasteiger partial charge in [-0.3, -0.25) is 4.79 Å². The monoisotopic (exact) mass is 288 g/mol. The minimum absolute atomic E-state index is 0.218. The summed E-state index contributed by atoms with van der Waals surface area (Å²) in [5.74, 6) is -1.40. The molecule has 7 nitrogen and oxygen atoms in total. The van der Waals surface area contributed by atoms with E-state index in [0.29, 0.717) is 13.0 Å². The van der Waals surface area contributed by atoms with Crippen molar-refractivity contribution in [2.75, 3.05) is 13.2 Å². The van der Waals surface area contributed by atoms with Gasteiger partial charge in [-0.25, -0.2) is 9.59 Å². The van der Waals surface area contributed by atoms with E-state index in [1.54, 1.807) is 27.7 Å². The quantitative estimate of drug-likeness (QED) is 0.481. The topological polar surface area (TPSA) is 105 Å². The lowest BCUT2D eigenvalue weighted by molar-refractivity contribution is -0.143. The van der Waals surface area contributed by atoms with Crippen LogP contribution in [-0.2, 0) is 14.3 Å². The highest BCUT2D eigenvalue weighted by molar-refractivity contribution is 5.83. The Kier molecular flexibility index (Phi) is 7.64. The number of rotatable bonds is 7. The summed E-state index contributed by atoms with van der Waals surface area (Å²) in [6, 6.07) is -1.54. The van der Waals surface area contributed by atoms with Gasteiger partial charge < -0.3 is 20.5 Å². The summed E-state index contributed by atoms with van der Waals surface area (Å²) in [7, 11) is 0. The molecule has 3 N–H and O–H groups in total. The normalized spacial score (nSPS) is 12.4. The van der Waals surface area contributed by atoms with Gasteiger partial charge in [0.05, 0.1) is 6.61 Å². The fourth-order valence-electron chi connectivity index (χ4n) is 1.50. The zero-order valence-electron chi connectivity index (χ0n) is 12.5. The molecule has 0 rings (SSSR count). The Labute approximate surface area is 119 Å². The SMILES string of the molecule is CCOC(=O)CCCNC(=O)N[C@H](C(=O)O)C(C)(C)C. The molecule has 20 heavy (non-hydrogen) atoms. The standard InChI is InChI=1S/C13H24N2O5/c1-5-20-9(16)7-6-8-14-12(19)15-10(11(17)18)13(2,3)4/h10H,5-8H2,1-4H3,(H,17,18)(H2,14,15,19)/t10-/m1/s1. The molecule has 0 saturated heterocycles. The Balaban J connectivity index is 4.04. The molecule has 0 aliphatic rings. The van der Waals surface area contributed by atoms with Crippen LogP contribution < -0.4 is 10.6 Å². The van der Waals surface area contributed by atoms with Crippen LogP contribution in [0.1, 0.15) is 40.5 Å². The summed E-state index contributed by atoms with van der Waals surface area (Å²) < 4.78 is 4.74. The van der Waals surface area contributed by atoms with Gasteiger partial charge in [0.2, 0.25) is 0 Å². The van der Waals surface area contributed by atoms with Gasteiger partial charge in [0, 0.05) is 13.0 Å². The fraction of sp³-hybridized carbons (Fsp3) is 0.769. The van der Waals surface area contributed by atoms with E-state index in [2.05, 4.69) is 10.6 Å². The van der Waals surface area contributed by atoms with E-state index in [4.69, 9.17) is 9.84 Å². The minimum atomic E-state index is -1.08. The summed E-state index contributed by atoms with van der Waals surface area (Å²) >= 11 is 0. The Morgan fingerprint density at radius 2 is 1.85 bits per heavy atom. The Morgan fingerprint density at radius 3 is 2.30 bits per heavy atom. The van der Waals surface area contributed by atoms with E-state index in [-0.39, 0.29) is 18.9 Å². The minimum Gasteiger partial charge on any atom is -0.480 e. The van der Waals surface area contributed by atoms with Crippen LogP contribution in [0.15, 0.2) is 0 Å². The molecule has 2 amide bonds. The molecule has 0 saturated carbocycles. The van der Waals surface area contributed by atoms with Crippen LogP contribution in [0.4, 0.5) is 4.79 Å². The van der Waals surface area contributed by atoms with Gasteiger partial charge in [0.1, 0.15) is 6.04 Å². The van der Waals surface area contributed by atoms with Crippen LogP contribution in [0.2, 0.25) is 0 Å². The number of carboxylic acids is 1. The van der Waals surface area contributed by atoms with E-state index in [9.17, 15) is 14.4 Å². The molecule has 0 aromatic heterocycles. The van der Waals surface area contributed by atoms with Crippen molar-refractivity contribution < 1.29 is 24.2 Å². The molecule has 0 bridgehead atoms. The Morgan fingerprint density at radius 1 is 1.25 bits per heavy atom. The lowest BCUT2D eigenvalue weighted by Crippen LogP contribution is -2.52. The lowest BCUT2D eigenvalue weighted by atomic mass is 9.87. The van der Waals surface area contributed by atoms with Gasteiger partial charge in [-0.15, -0.1) is 0 Å². The molecule has 0 aliphatic heterocycles. The van der Waals surface area contributed by atoms with Gasteiger partial charge in [0.15, 0.2) is 0 Å². The van der Waals surface area contributed by atoms with Crippen molar-refractivity contribution in [1.29, 1.82) is 0 Å². The molecule has 0 aromatic rings. The fourth-order valence-corrected chi connectivity index (χ4v) is 1.50. The number of ether oxygens (including phenoxy) is 1. The number of urea groups is 1. The molecule has 7 heteroatoms. The summed E-state index contributed by atoms with van der Waals surface area (Å²) in [5.41, 5.74) is -0.589. The van der Waals surface area contributed by atoms with Crippen LogP contribution in [0.5, 0.6) is 0 Å². The number of hydrogen-bond acceptors (Lipinski definition) is 4. The van der Waals surface area contributed by atoms with Crippen LogP contribution in [0, 0.1) is 5.41 Å². The zero-order valence-corrected chi connectivity index (χ0v) is 12.5. The number of aliphatic carboxylic acids is 1. The molecule has 0 heterocycles. The molecular formula is C13H24N2O5. The van der Waals surface area contributed by atoms with E-state index in [1.165, 1.54) is 0 Å². The van der Waals surface area contributed by atoms with Crippen molar-refractivity contribution in [3.8, 4) is 0 Å². The van der Waals surface area contributed by atoms with Crippen LogP contribution in [0.25, 0.3) is 0 Å². The number of carbonyl (C=O) groups is 3. The average Bonchev–Trinajstić information content (AvgIpc) is 2.30. The van der Waals surface area contributed by atoms with Crippen molar-refractivity contribution in [3.63, 3.8) is 0 Å². The first-order valence-electron chi connectivity index (χ1n) is 6.61. The molecule has 0 aliphatic carbocycles. The Hall–Kier alpha value is -1.79. The van der Waals surface area contributed by atoms with Gasteiger partial charge in [-0.05, 0) is 18.8 Å². The summed E-state index contributed by atoms with van der Waals surface area (Å²) in [6.07, 6.45) is 0.662. The van der Waals surface area contributed by atoms with Crippen molar-refractivity contribution in [2.45, 2.75) is 46.6 Å². The summed E-state index contributed by atoms with van der Waals surface area (Å²) in [5, 5.41) is 14.0. The van der Waals surface area contributed by atoms with Gasteiger partial charge in [-0.1, -0.05) is 20.8 Å². The molecule has 0 spiro atoms. The third-order valence-corrected chi connectivity index (χ3v) is 2.54. The number of carbonyl (C=O) groups excluding carboxylic acids is 2. The van der Waals surface area contributed by atoms with Gasteiger partial charge in [-0.2, -0.15) is 0 Å². The number of esters is 1. The predicted molar refractivity (Wildman–Crippen MR) is 73.3 cm³/mol. The lowest BCUT2D eigenvalue weighted by Gasteiger charge is -2.27. The largest absolute Gasteiger partial charge is 0.480 e.